The minimum atomic E-state index is -1.19. The van der Waals surface area contributed by atoms with Crippen molar-refractivity contribution >= 4 is 17.3 Å². The zero-order valence-electron chi connectivity index (χ0n) is 27.8. The molecule has 8 nitrogen and oxygen atoms in total. The van der Waals surface area contributed by atoms with Gasteiger partial charge in [-0.15, -0.1) is 0 Å². The van der Waals surface area contributed by atoms with Crippen LogP contribution in [0, 0.1) is 39.7 Å². The molecule has 1 heterocycles. The van der Waals surface area contributed by atoms with E-state index >= 15 is 0 Å². The Balaban J connectivity index is 0.000000876. The molecule has 1 aliphatic heterocycles. The maximum atomic E-state index is 12.7. The minimum absolute atomic E-state index is 0.267. The van der Waals surface area contributed by atoms with Gasteiger partial charge in [0.15, 0.2) is 6.10 Å². The molecule has 0 aromatic heterocycles. The number of fused-ring (bicyclic) bond motifs is 1. The monoisotopic (exact) mass is 604 g/mol. The summed E-state index contributed by atoms with van der Waals surface area (Å²) in [5.41, 5.74) is 15.9. The zero-order valence-corrected chi connectivity index (χ0v) is 27.8. The van der Waals surface area contributed by atoms with E-state index in [2.05, 4.69) is 43.0 Å². The summed E-state index contributed by atoms with van der Waals surface area (Å²) in [7, 11) is 2.04. The van der Waals surface area contributed by atoms with Gasteiger partial charge in [0.05, 0.1) is 17.8 Å². The summed E-state index contributed by atoms with van der Waals surface area (Å²) in [6.07, 6.45) is 0.332. The van der Waals surface area contributed by atoms with Gasteiger partial charge in [-0.25, -0.2) is 4.79 Å². The molecule has 0 radical (unpaired) electrons. The largest absolute Gasteiger partial charge is 0.490 e. The first-order valence-corrected chi connectivity index (χ1v) is 14.8. The number of carboxylic acids is 1. The molecule has 0 aliphatic carbocycles. The highest BCUT2D eigenvalue weighted by molar-refractivity contribution is 5.94. The van der Waals surface area contributed by atoms with Crippen LogP contribution in [0.4, 0.5) is 11.4 Å². The van der Waals surface area contributed by atoms with Crippen LogP contribution >= 0.6 is 0 Å². The molecular weight excluding hydrogens is 556 g/mol. The van der Waals surface area contributed by atoms with E-state index in [0.29, 0.717) is 23.4 Å². The topological polar surface area (TPSA) is 125 Å². The number of ether oxygens (including phenoxy) is 2. The molecule has 0 spiro atoms. The Morgan fingerprint density at radius 1 is 1.02 bits per heavy atom. The molecule has 1 aliphatic rings. The van der Waals surface area contributed by atoms with Crippen molar-refractivity contribution in [3.05, 3.63) is 64.2 Å². The van der Waals surface area contributed by atoms with Crippen LogP contribution in [0.2, 0.25) is 0 Å². The first-order chi connectivity index (χ1) is 20.7. The van der Waals surface area contributed by atoms with E-state index in [1.807, 2.05) is 73.6 Å². The van der Waals surface area contributed by atoms with Crippen LogP contribution in [0.25, 0.3) is 22.3 Å². The molecular formula is C36H48N2O6. The normalized spacial score (nSPS) is 12.7. The lowest BCUT2D eigenvalue weighted by atomic mass is 9.82. The number of aliphatic carboxylic acids is 1. The standard InChI is InChI=1S/C31H38N2O4.C3H4O2.C2H6/c1-17-9-10-21(15-18(17)2)26-19(3)25(22-11-12-24-23(16-22)33(8)13-14-36-24)27(20(4)28(26)32)29(30(34)35)37-31(5,6)7;4-2-1-3-5;1-2/h9-12,15-16,29H,13-14,32H2,1-8H3,(H,34,35);4-5H,2H2;1-2H3. The van der Waals surface area contributed by atoms with Crippen molar-refractivity contribution < 1.29 is 29.6 Å². The van der Waals surface area contributed by atoms with Gasteiger partial charge < -0.3 is 35.4 Å². The number of aliphatic hydroxyl groups is 2. The first kappa shape index (κ1) is 36.0. The third-order valence-corrected chi connectivity index (χ3v) is 7.35. The first-order valence-electron chi connectivity index (χ1n) is 14.8. The average molecular weight is 605 g/mol. The smallest absolute Gasteiger partial charge is 0.337 e. The summed E-state index contributed by atoms with van der Waals surface area (Å²) < 4.78 is 12.0. The SMILES string of the molecule is CC.Cc1ccc(-c2c(C)c(-c3ccc4c(c3)N(C)CCO4)c(C(OC(C)(C)C)C(=O)O)c(C)c2N)cc1C.OC#CCO. The van der Waals surface area contributed by atoms with Crippen molar-refractivity contribution in [2.75, 3.05) is 37.4 Å². The molecule has 238 valence electrons. The number of carboxylic acid groups (broad SMARTS) is 1. The lowest BCUT2D eigenvalue weighted by molar-refractivity contribution is -0.160. The molecule has 4 rings (SSSR count). The lowest BCUT2D eigenvalue weighted by Crippen LogP contribution is -2.29. The van der Waals surface area contributed by atoms with Gasteiger partial charge in [0.1, 0.15) is 25.1 Å². The van der Waals surface area contributed by atoms with Crippen molar-refractivity contribution in [3.63, 3.8) is 0 Å². The Labute approximate surface area is 262 Å². The Morgan fingerprint density at radius 3 is 2.16 bits per heavy atom. The Hall–Kier alpha value is -4.19. The fourth-order valence-electron chi connectivity index (χ4n) is 5.15. The molecule has 3 aromatic rings. The van der Waals surface area contributed by atoms with Crippen LogP contribution in [-0.2, 0) is 9.53 Å². The van der Waals surface area contributed by atoms with Crippen LogP contribution in [0.15, 0.2) is 36.4 Å². The number of nitrogen functional groups attached to an aromatic ring is 1. The van der Waals surface area contributed by atoms with Gasteiger partial charge in [0, 0.05) is 23.9 Å². The number of rotatable bonds is 5. The van der Waals surface area contributed by atoms with Gasteiger partial charge in [-0.2, -0.15) is 0 Å². The Morgan fingerprint density at radius 2 is 1.64 bits per heavy atom. The Bertz CT molecular complexity index is 1530. The van der Waals surface area contributed by atoms with Gasteiger partial charge in [-0.3, -0.25) is 0 Å². The maximum Gasteiger partial charge on any atom is 0.337 e. The van der Waals surface area contributed by atoms with Crippen LogP contribution < -0.4 is 15.4 Å². The summed E-state index contributed by atoms with van der Waals surface area (Å²) >= 11 is 0. The van der Waals surface area contributed by atoms with Crippen molar-refractivity contribution in [1.29, 1.82) is 0 Å². The molecule has 0 saturated carbocycles. The van der Waals surface area contributed by atoms with Gasteiger partial charge in [0.25, 0.3) is 0 Å². The second kappa shape index (κ2) is 15.5. The number of likely N-dealkylation sites (N-methyl/N-ethyl adjacent to an activating group) is 1. The van der Waals surface area contributed by atoms with E-state index in [1.54, 1.807) is 0 Å². The van der Waals surface area contributed by atoms with E-state index in [-0.39, 0.29) is 6.61 Å². The number of hydrogen-bond donors (Lipinski definition) is 4. The lowest BCUT2D eigenvalue weighted by Gasteiger charge is -2.31. The molecule has 0 saturated heterocycles. The van der Waals surface area contributed by atoms with Crippen molar-refractivity contribution in [2.45, 2.75) is 74.0 Å². The average Bonchev–Trinajstić information content (AvgIpc) is 2.97. The fraction of sp³-hybridized carbons (Fsp3) is 0.417. The zero-order chi connectivity index (χ0) is 33.4. The molecule has 0 amide bonds. The number of benzene rings is 3. The van der Waals surface area contributed by atoms with Crippen LogP contribution in [-0.4, -0.2) is 53.7 Å². The van der Waals surface area contributed by atoms with Gasteiger partial charge in [-0.1, -0.05) is 38.1 Å². The molecule has 3 aromatic carbocycles. The van der Waals surface area contributed by atoms with E-state index in [1.165, 1.54) is 17.2 Å². The molecule has 0 bridgehead atoms. The number of nitrogens with zero attached hydrogens (tertiary/aromatic N) is 1. The van der Waals surface area contributed by atoms with Crippen LogP contribution in [0.5, 0.6) is 5.75 Å². The number of hydrogen-bond acceptors (Lipinski definition) is 7. The second-order valence-electron chi connectivity index (χ2n) is 11.5. The summed E-state index contributed by atoms with van der Waals surface area (Å²) in [5, 5.41) is 25.6. The number of carbonyl (C=O) groups is 1. The van der Waals surface area contributed by atoms with Crippen molar-refractivity contribution in [2.24, 2.45) is 0 Å². The molecule has 0 fully saturated rings. The minimum Gasteiger partial charge on any atom is -0.490 e. The molecule has 1 atom stereocenters. The summed E-state index contributed by atoms with van der Waals surface area (Å²) in [6.45, 7) is 18.8. The highest BCUT2D eigenvalue weighted by atomic mass is 16.5. The predicted octanol–water partition coefficient (Wildman–Crippen LogP) is 6.94. The molecule has 5 N–H and O–H groups in total. The quantitative estimate of drug-likeness (QED) is 0.182. The highest BCUT2D eigenvalue weighted by Gasteiger charge is 2.34. The van der Waals surface area contributed by atoms with Gasteiger partial charge >= 0.3 is 5.97 Å². The number of aryl methyl sites for hydroxylation is 2. The van der Waals surface area contributed by atoms with E-state index in [4.69, 9.17) is 25.4 Å². The summed E-state index contributed by atoms with van der Waals surface area (Å²) in [5.74, 6) is 1.74. The summed E-state index contributed by atoms with van der Waals surface area (Å²) in [4.78, 5) is 14.8. The van der Waals surface area contributed by atoms with Crippen LogP contribution in [0.3, 0.4) is 0 Å². The van der Waals surface area contributed by atoms with E-state index < -0.39 is 17.7 Å². The molecule has 1 unspecified atom stereocenters. The number of anilines is 2. The van der Waals surface area contributed by atoms with Crippen molar-refractivity contribution in [3.8, 4) is 40.0 Å². The van der Waals surface area contributed by atoms with Crippen molar-refractivity contribution in [1.82, 2.24) is 0 Å². The number of aliphatic hydroxyl groups excluding tert-OH is 2. The Kier molecular flexibility index (Phi) is 12.7. The van der Waals surface area contributed by atoms with Crippen LogP contribution in [0.1, 0.15) is 68.5 Å². The summed E-state index contributed by atoms with van der Waals surface area (Å²) in [6, 6.07) is 12.4. The molecule has 44 heavy (non-hydrogen) atoms. The maximum absolute atomic E-state index is 12.7. The molecule has 8 heteroatoms. The van der Waals surface area contributed by atoms with E-state index in [0.717, 1.165) is 45.8 Å². The van der Waals surface area contributed by atoms with Gasteiger partial charge in [0.2, 0.25) is 0 Å². The fourth-order valence-corrected chi connectivity index (χ4v) is 5.15. The predicted molar refractivity (Wildman–Crippen MR) is 179 cm³/mol. The number of nitrogens with two attached hydrogens (primary N) is 1. The van der Waals surface area contributed by atoms with E-state index in [9.17, 15) is 9.90 Å². The third-order valence-electron chi connectivity index (χ3n) is 7.35. The third kappa shape index (κ3) is 8.25. The highest BCUT2D eigenvalue weighted by Crippen LogP contribution is 2.47. The second-order valence-corrected chi connectivity index (χ2v) is 11.5. The van der Waals surface area contributed by atoms with Gasteiger partial charge in [-0.05, 0) is 105 Å².